The third-order valence-electron chi connectivity index (χ3n) is 1.56. The first kappa shape index (κ1) is 11.4. The maximum Gasteiger partial charge on any atom is 0.420 e. The van der Waals surface area contributed by atoms with Gasteiger partial charge in [-0.1, -0.05) is 6.07 Å². The normalized spacial score (nSPS) is 11.2. The van der Waals surface area contributed by atoms with Gasteiger partial charge in [0.15, 0.2) is 11.5 Å². The maximum atomic E-state index is 12.3. The molecule has 0 spiro atoms. The number of esters is 1. The van der Waals surface area contributed by atoms with Crippen LogP contribution in [0.5, 0.6) is 11.5 Å². The maximum absolute atomic E-state index is 12.3. The van der Waals surface area contributed by atoms with Gasteiger partial charge in [-0.25, -0.2) is 0 Å². The van der Waals surface area contributed by atoms with Crippen LogP contribution in [0.3, 0.4) is 0 Å². The monoisotopic (exact) mass is 220 g/mol. The lowest BCUT2D eigenvalue weighted by molar-refractivity contribution is -0.140. The van der Waals surface area contributed by atoms with E-state index in [0.717, 1.165) is 19.1 Å². The van der Waals surface area contributed by atoms with Crippen LogP contribution in [0, 0.1) is 0 Å². The van der Waals surface area contributed by atoms with Crippen molar-refractivity contribution in [1.82, 2.24) is 0 Å². The first-order chi connectivity index (χ1) is 6.82. The zero-order chi connectivity index (χ0) is 11.6. The van der Waals surface area contributed by atoms with Crippen molar-refractivity contribution in [2.45, 2.75) is 13.1 Å². The van der Waals surface area contributed by atoms with Crippen LogP contribution in [0.15, 0.2) is 18.2 Å². The summed E-state index contributed by atoms with van der Waals surface area (Å²) >= 11 is 0. The van der Waals surface area contributed by atoms with Gasteiger partial charge in [-0.2, -0.15) is 13.2 Å². The smallest absolute Gasteiger partial charge is 0.420 e. The number of alkyl halides is 3. The number of hydrogen-bond acceptors (Lipinski definition) is 3. The second kappa shape index (κ2) is 3.80. The lowest BCUT2D eigenvalue weighted by Crippen LogP contribution is -2.07. The number of benzene rings is 1. The summed E-state index contributed by atoms with van der Waals surface area (Å²) in [7, 11) is 0. The molecule has 0 fully saturated rings. The molecule has 0 saturated heterocycles. The van der Waals surface area contributed by atoms with Gasteiger partial charge in [0, 0.05) is 6.92 Å². The number of halogens is 3. The predicted molar refractivity (Wildman–Crippen MR) is 44.4 cm³/mol. The van der Waals surface area contributed by atoms with E-state index in [1.807, 2.05) is 0 Å². The van der Waals surface area contributed by atoms with Crippen molar-refractivity contribution in [1.29, 1.82) is 0 Å². The molecule has 1 aromatic carbocycles. The van der Waals surface area contributed by atoms with Gasteiger partial charge >= 0.3 is 12.1 Å². The molecule has 0 aliphatic rings. The van der Waals surface area contributed by atoms with Crippen LogP contribution in [0.1, 0.15) is 12.5 Å². The first-order valence-corrected chi connectivity index (χ1v) is 3.90. The minimum atomic E-state index is -4.68. The van der Waals surface area contributed by atoms with Crippen LogP contribution in [0.2, 0.25) is 0 Å². The van der Waals surface area contributed by atoms with E-state index < -0.39 is 29.2 Å². The van der Waals surface area contributed by atoms with E-state index in [2.05, 4.69) is 4.74 Å². The van der Waals surface area contributed by atoms with Crippen molar-refractivity contribution in [2.75, 3.05) is 0 Å². The summed E-state index contributed by atoms with van der Waals surface area (Å²) in [6, 6.07) is 2.81. The molecular formula is C9H7F3O3. The summed E-state index contributed by atoms with van der Waals surface area (Å²) in [5, 5.41) is 9.18. The molecule has 1 aromatic rings. The van der Waals surface area contributed by atoms with E-state index >= 15 is 0 Å². The molecule has 1 rings (SSSR count). The highest BCUT2D eigenvalue weighted by molar-refractivity contribution is 5.70. The number of carbonyl (C=O) groups is 1. The molecule has 0 amide bonds. The molecule has 0 saturated carbocycles. The summed E-state index contributed by atoms with van der Waals surface area (Å²) in [5.41, 5.74) is -1.23. The molecule has 82 valence electrons. The fourth-order valence-electron chi connectivity index (χ4n) is 0.988. The molecule has 6 heteroatoms. The summed E-state index contributed by atoms with van der Waals surface area (Å²) in [6.45, 7) is 1.03. The van der Waals surface area contributed by atoms with E-state index in [0.29, 0.717) is 6.07 Å². The summed E-state index contributed by atoms with van der Waals surface area (Å²) in [4.78, 5) is 10.5. The van der Waals surface area contributed by atoms with Crippen LogP contribution in [-0.2, 0) is 11.0 Å². The Bertz CT molecular complexity index is 385. The molecule has 3 nitrogen and oxygen atoms in total. The number of hydrogen-bond donors (Lipinski definition) is 1. The Hall–Kier alpha value is -1.72. The Labute approximate surface area is 83.1 Å². The fourth-order valence-corrected chi connectivity index (χ4v) is 0.988. The fraction of sp³-hybridized carbons (Fsp3) is 0.222. The average molecular weight is 220 g/mol. The molecular weight excluding hydrogens is 213 g/mol. The van der Waals surface area contributed by atoms with Crippen molar-refractivity contribution >= 4 is 5.97 Å². The molecule has 0 aliphatic carbocycles. The summed E-state index contributed by atoms with van der Waals surface area (Å²) < 4.78 is 41.2. The Morgan fingerprint density at radius 2 is 2.00 bits per heavy atom. The topological polar surface area (TPSA) is 46.5 Å². The summed E-state index contributed by atoms with van der Waals surface area (Å²) in [6.07, 6.45) is -4.68. The number of para-hydroxylation sites is 1. The van der Waals surface area contributed by atoms with E-state index in [-0.39, 0.29) is 0 Å². The van der Waals surface area contributed by atoms with E-state index in [9.17, 15) is 23.1 Å². The molecule has 0 radical (unpaired) electrons. The highest BCUT2D eigenvalue weighted by Gasteiger charge is 2.35. The Morgan fingerprint density at radius 1 is 1.40 bits per heavy atom. The number of aromatic hydroxyl groups is 1. The largest absolute Gasteiger partial charge is 0.504 e. The number of carbonyl (C=O) groups excluding carboxylic acids is 1. The lowest BCUT2D eigenvalue weighted by Gasteiger charge is -2.11. The number of rotatable bonds is 1. The van der Waals surface area contributed by atoms with Gasteiger partial charge < -0.3 is 9.84 Å². The van der Waals surface area contributed by atoms with Crippen LogP contribution < -0.4 is 4.74 Å². The van der Waals surface area contributed by atoms with Crippen LogP contribution in [-0.4, -0.2) is 11.1 Å². The molecule has 0 unspecified atom stereocenters. The van der Waals surface area contributed by atoms with Crippen molar-refractivity contribution in [2.24, 2.45) is 0 Å². The van der Waals surface area contributed by atoms with Gasteiger partial charge in [0.2, 0.25) is 0 Å². The molecule has 15 heavy (non-hydrogen) atoms. The van der Waals surface area contributed by atoms with Crippen LogP contribution >= 0.6 is 0 Å². The zero-order valence-electron chi connectivity index (χ0n) is 7.63. The van der Waals surface area contributed by atoms with Crippen LogP contribution in [0.4, 0.5) is 13.2 Å². The number of phenolic OH excluding ortho intramolecular Hbond substituents is 1. The number of ether oxygens (including phenoxy) is 1. The van der Waals surface area contributed by atoms with E-state index in [1.54, 1.807) is 0 Å². The first-order valence-electron chi connectivity index (χ1n) is 3.90. The Balaban J connectivity index is 3.17. The zero-order valence-corrected chi connectivity index (χ0v) is 7.63. The van der Waals surface area contributed by atoms with Gasteiger partial charge in [-0.15, -0.1) is 0 Å². The second-order valence-corrected chi connectivity index (χ2v) is 2.74. The second-order valence-electron chi connectivity index (χ2n) is 2.74. The highest BCUT2D eigenvalue weighted by atomic mass is 19.4. The Morgan fingerprint density at radius 3 is 2.47 bits per heavy atom. The van der Waals surface area contributed by atoms with Crippen molar-refractivity contribution in [3.05, 3.63) is 23.8 Å². The van der Waals surface area contributed by atoms with E-state index in [4.69, 9.17) is 0 Å². The molecule has 0 aliphatic heterocycles. The van der Waals surface area contributed by atoms with Crippen LogP contribution in [0.25, 0.3) is 0 Å². The number of phenols is 1. The lowest BCUT2D eigenvalue weighted by atomic mass is 10.2. The Kier molecular flexibility index (Phi) is 2.88. The molecule has 0 heterocycles. The SMILES string of the molecule is CC(=O)Oc1cccc(C(F)(F)F)c1O. The third kappa shape index (κ3) is 2.61. The molecule has 0 bridgehead atoms. The molecule has 0 atom stereocenters. The van der Waals surface area contributed by atoms with Gasteiger partial charge in [-0.05, 0) is 12.1 Å². The minimum Gasteiger partial charge on any atom is -0.504 e. The van der Waals surface area contributed by atoms with Crippen molar-refractivity contribution < 1.29 is 27.8 Å². The average Bonchev–Trinajstić information content (AvgIpc) is 2.05. The highest BCUT2D eigenvalue weighted by Crippen LogP contribution is 2.40. The summed E-state index contributed by atoms with van der Waals surface area (Å²) in [5.74, 6) is -2.39. The van der Waals surface area contributed by atoms with Gasteiger partial charge in [0.1, 0.15) is 5.56 Å². The quantitative estimate of drug-likeness (QED) is 0.583. The van der Waals surface area contributed by atoms with Crippen molar-refractivity contribution in [3.8, 4) is 11.5 Å². The minimum absolute atomic E-state index is 0.502. The molecule has 0 aromatic heterocycles. The van der Waals surface area contributed by atoms with E-state index in [1.165, 1.54) is 0 Å². The third-order valence-corrected chi connectivity index (χ3v) is 1.56. The predicted octanol–water partition coefficient (Wildman–Crippen LogP) is 2.34. The standard InChI is InChI=1S/C9H7F3O3/c1-5(13)15-7-4-2-3-6(8(7)14)9(10,11)12/h2-4,14H,1H3. The van der Waals surface area contributed by atoms with Gasteiger partial charge in [0.25, 0.3) is 0 Å². The molecule has 1 N–H and O–H groups in total. The van der Waals surface area contributed by atoms with Crippen molar-refractivity contribution in [3.63, 3.8) is 0 Å². The van der Waals surface area contributed by atoms with Gasteiger partial charge in [-0.3, -0.25) is 4.79 Å². The van der Waals surface area contributed by atoms with Gasteiger partial charge in [0.05, 0.1) is 0 Å².